The maximum Gasteiger partial charge on any atom is 0.244 e. The number of benzene rings is 2. The highest BCUT2D eigenvalue weighted by atomic mass is 32.2. The van der Waals surface area contributed by atoms with Crippen molar-refractivity contribution in [2.24, 2.45) is 5.92 Å². The Morgan fingerprint density at radius 1 is 1.07 bits per heavy atom. The van der Waals surface area contributed by atoms with Crippen LogP contribution < -0.4 is 9.46 Å². The van der Waals surface area contributed by atoms with Gasteiger partial charge in [0.15, 0.2) is 0 Å². The number of nitrogens with one attached hydrogen (secondary N) is 1. The van der Waals surface area contributed by atoms with Crippen molar-refractivity contribution in [1.29, 1.82) is 0 Å². The summed E-state index contributed by atoms with van der Waals surface area (Å²) in [5, 5.41) is 0. The highest BCUT2D eigenvalue weighted by molar-refractivity contribution is 7.89. The molecule has 1 aliphatic heterocycles. The van der Waals surface area contributed by atoms with Gasteiger partial charge in [0.25, 0.3) is 0 Å². The molecule has 6 heteroatoms. The summed E-state index contributed by atoms with van der Waals surface area (Å²) in [7, 11) is -2.16. The number of likely N-dealkylation sites (tertiary alicyclic amines) is 1. The number of methoxy groups -OCH3 is 1. The van der Waals surface area contributed by atoms with Gasteiger partial charge in [-0.1, -0.05) is 43.3 Å². The maximum absolute atomic E-state index is 12.6. The van der Waals surface area contributed by atoms with Crippen molar-refractivity contribution in [2.75, 3.05) is 20.2 Å². The number of hydrogen-bond donors (Lipinski definition) is 1. The summed E-state index contributed by atoms with van der Waals surface area (Å²) in [5.41, 5.74) is 2.18. The molecule has 0 aromatic heterocycles. The number of piperidine rings is 1. The number of sulfonamides is 1. The summed E-state index contributed by atoms with van der Waals surface area (Å²) in [6.45, 7) is 5.74. The number of nitrogens with zero attached hydrogens (tertiary/aromatic N) is 1. The van der Waals surface area contributed by atoms with Gasteiger partial charge in [-0.15, -0.1) is 0 Å². The molecule has 0 atom stereocenters. The molecule has 0 radical (unpaired) electrons. The molecular formula is C21H28N2O3S. The Kier molecular flexibility index (Phi) is 6.52. The topological polar surface area (TPSA) is 58.6 Å². The lowest BCUT2D eigenvalue weighted by molar-refractivity contribution is 0.185. The quantitative estimate of drug-likeness (QED) is 0.790. The van der Waals surface area contributed by atoms with Gasteiger partial charge in [0.05, 0.1) is 7.11 Å². The summed E-state index contributed by atoms with van der Waals surface area (Å²) >= 11 is 0. The van der Waals surface area contributed by atoms with Crippen LogP contribution >= 0.6 is 0 Å². The molecule has 0 amide bonds. The van der Waals surface area contributed by atoms with Gasteiger partial charge in [-0.05, 0) is 55.1 Å². The zero-order chi connectivity index (χ0) is 19.3. The zero-order valence-electron chi connectivity index (χ0n) is 16.0. The van der Waals surface area contributed by atoms with E-state index in [2.05, 4.69) is 28.7 Å². The molecule has 2 aromatic rings. The maximum atomic E-state index is 12.6. The Hall–Kier alpha value is -1.89. The fourth-order valence-corrected chi connectivity index (χ4v) is 4.60. The van der Waals surface area contributed by atoms with Gasteiger partial charge in [-0.2, -0.15) is 0 Å². The highest BCUT2D eigenvalue weighted by Gasteiger charge is 2.19. The smallest absolute Gasteiger partial charge is 0.244 e. The van der Waals surface area contributed by atoms with Gasteiger partial charge in [0.1, 0.15) is 10.6 Å². The van der Waals surface area contributed by atoms with Crippen LogP contribution in [0, 0.1) is 5.92 Å². The summed E-state index contributed by atoms with van der Waals surface area (Å²) in [5.74, 6) is 1.16. The summed E-state index contributed by atoms with van der Waals surface area (Å²) in [6, 6.07) is 14.8. The van der Waals surface area contributed by atoms with Crippen LogP contribution in [0.2, 0.25) is 0 Å². The molecule has 1 fully saturated rings. The van der Waals surface area contributed by atoms with Crippen LogP contribution in [0.3, 0.4) is 0 Å². The lowest BCUT2D eigenvalue weighted by Crippen LogP contribution is -2.32. The van der Waals surface area contributed by atoms with E-state index in [1.54, 1.807) is 24.3 Å². The largest absolute Gasteiger partial charge is 0.495 e. The third kappa shape index (κ3) is 5.31. The van der Waals surface area contributed by atoms with Gasteiger partial charge in [-0.3, -0.25) is 4.90 Å². The van der Waals surface area contributed by atoms with E-state index >= 15 is 0 Å². The first-order valence-electron chi connectivity index (χ1n) is 9.41. The zero-order valence-corrected chi connectivity index (χ0v) is 16.8. The second-order valence-corrected chi connectivity index (χ2v) is 8.99. The lowest BCUT2D eigenvalue weighted by Gasteiger charge is -2.30. The van der Waals surface area contributed by atoms with Crippen LogP contribution in [0.5, 0.6) is 5.75 Å². The molecule has 0 aliphatic carbocycles. The van der Waals surface area contributed by atoms with Crippen LogP contribution in [0.1, 0.15) is 30.9 Å². The van der Waals surface area contributed by atoms with Crippen molar-refractivity contribution >= 4 is 10.0 Å². The van der Waals surface area contributed by atoms with Crippen LogP contribution in [0.4, 0.5) is 0 Å². The second kappa shape index (κ2) is 8.87. The Labute approximate surface area is 162 Å². The Morgan fingerprint density at radius 2 is 1.78 bits per heavy atom. The average Bonchev–Trinajstić information content (AvgIpc) is 2.68. The van der Waals surface area contributed by atoms with E-state index < -0.39 is 10.0 Å². The third-order valence-corrected chi connectivity index (χ3v) is 6.54. The first-order chi connectivity index (χ1) is 13.0. The molecule has 1 aliphatic rings. The van der Waals surface area contributed by atoms with Gasteiger partial charge >= 0.3 is 0 Å². The first kappa shape index (κ1) is 19.9. The Bertz CT molecular complexity index is 859. The summed E-state index contributed by atoms with van der Waals surface area (Å²) in [6.07, 6.45) is 2.50. The van der Waals surface area contributed by atoms with E-state index in [1.807, 2.05) is 12.1 Å². The normalized spacial score (nSPS) is 16.4. The van der Waals surface area contributed by atoms with Crippen molar-refractivity contribution < 1.29 is 13.2 Å². The van der Waals surface area contributed by atoms with E-state index in [4.69, 9.17) is 4.74 Å². The molecule has 1 N–H and O–H groups in total. The van der Waals surface area contributed by atoms with E-state index in [-0.39, 0.29) is 11.4 Å². The molecular weight excluding hydrogens is 360 g/mol. The van der Waals surface area contributed by atoms with Crippen LogP contribution in [-0.2, 0) is 23.1 Å². The molecule has 27 heavy (non-hydrogen) atoms. The first-order valence-corrected chi connectivity index (χ1v) is 10.9. The SMILES string of the molecule is COc1ccccc1S(=O)(=O)NCc1cccc(CN2CCC(C)CC2)c1. The number of para-hydroxylation sites is 1. The molecule has 1 saturated heterocycles. The van der Waals surface area contributed by atoms with Gasteiger partial charge in [0.2, 0.25) is 10.0 Å². The average molecular weight is 389 g/mol. The molecule has 2 aromatic carbocycles. The predicted molar refractivity (Wildman–Crippen MR) is 107 cm³/mol. The predicted octanol–water partition coefficient (Wildman–Crippen LogP) is 3.41. The minimum atomic E-state index is -3.63. The molecule has 0 saturated carbocycles. The van der Waals surface area contributed by atoms with Crippen molar-refractivity contribution in [3.63, 3.8) is 0 Å². The fraction of sp³-hybridized carbons (Fsp3) is 0.429. The van der Waals surface area contributed by atoms with E-state index in [0.717, 1.165) is 31.1 Å². The van der Waals surface area contributed by atoms with E-state index in [1.165, 1.54) is 25.5 Å². The molecule has 0 unspecified atom stereocenters. The van der Waals surface area contributed by atoms with Crippen LogP contribution in [-0.4, -0.2) is 33.5 Å². The molecule has 5 nitrogen and oxygen atoms in total. The Balaban J connectivity index is 1.64. The van der Waals surface area contributed by atoms with Crippen molar-refractivity contribution in [3.8, 4) is 5.75 Å². The number of ether oxygens (including phenoxy) is 1. The van der Waals surface area contributed by atoms with Gasteiger partial charge < -0.3 is 4.74 Å². The minimum Gasteiger partial charge on any atom is -0.495 e. The van der Waals surface area contributed by atoms with Gasteiger partial charge in [-0.25, -0.2) is 13.1 Å². The Morgan fingerprint density at radius 3 is 2.52 bits per heavy atom. The van der Waals surface area contributed by atoms with Crippen molar-refractivity contribution in [3.05, 3.63) is 59.7 Å². The van der Waals surface area contributed by atoms with Crippen LogP contribution in [0.15, 0.2) is 53.4 Å². The van der Waals surface area contributed by atoms with E-state index in [9.17, 15) is 8.42 Å². The monoisotopic (exact) mass is 388 g/mol. The molecule has 146 valence electrons. The molecule has 0 bridgehead atoms. The third-order valence-electron chi connectivity index (χ3n) is 5.10. The molecule has 3 rings (SSSR count). The number of hydrogen-bond acceptors (Lipinski definition) is 4. The van der Waals surface area contributed by atoms with Crippen molar-refractivity contribution in [2.45, 2.75) is 37.8 Å². The molecule has 1 heterocycles. The minimum absolute atomic E-state index is 0.158. The molecule has 0 spiro atoms. The van der Waals surface area contributed by atoms with E-state index in [0.29, 0.717) is 5.75 Å². The summed E-state index contributed by atoms with van der Waals surface area (Å²) < 4.78 is 33.1. The summed E-state index contributed by atoms with van der Waals surface area (Å²) in [4.78, 5) is 2.63. The fourth-order valence-electron chi connectivity index (χ4n) is 3.41. The van der Waals surface area contributed by atoms with Gasteiger partial charge in [0, 0.05) is 13.1 Å². The lowest BCUT2D eigenvalue weighted by atomic mass is 9.98. The highest BCUT2D eigenvalue weighted by Crippen LogP contribution is 2.23. The van der Waals surface area contributed by atoms with Crippen molar-refractivity contribution in [1.82, 2.24) is 9.62 Å². The second-order valence-electron chi connectivity index (χ2n) is 7.25. The standard InChI is InChI=1S/C21H28N2O3S/c1-17-10-12-23(13-11-17)16-19-7-5-6-18(14-19)15-22-27(24,25)21-9-4-3-8-20(21)26-2/h3-9,14,17,22H,10-13,15-16H2,1-2H3. The number of rotatable bonds is 7. The van der Waals surface area contributed by atoms with Crippen LogP contribution in [0.25, 0.3) is 0 Å².